The van der Waals surface area contributed by atoms with Crippen LogP contribution < -0.4 is 10.2 Å². The van der Waals surface area contributed by atoms with Crippen molar-refractivity contribution in [2.75, 3.05) is 0 Å². The van der Waals surface area contributed by atoms with Crippen molar-refractivity contribution >= 4 is 20.0 Å². The number of hydrogen-bond donors (Lipinski definition) is 2. The van der Waals surface area contributed by atoms with E-state index in [-0.39, 0.29) is 11.9 Å². The van der Waals surface area contributed by atoms with Gasteiger partial charge in [-0.15, -0.1) is 0 Å². The molecule has 0 aliphatic carbocycles. The summed E-state index contributed by atoms with van der Waals surface area (Å²) in [7, 11) is -2.62. The molecule has 2 aliphatic rings. The highest BCUT2D eigenvalue weighted by Gasteiger charge is 2.65. The molecule has 72 valence electrons. The van der Waals surface area contributed by atoms with Crippen molar-refractivity contribution in [2.45, 2.75) is 25.9 Å². The van der Waals surface area contributed by atoms with Crippen molar-refractivity contribution in [1.82, 2.24) is 10.2 Å². The number of rotatable bonds is 0. The summed E-state index contributed by atoms with van der Waals surface area (Å²) in [5.41, 5.74) is 0. The average molecular weight is 205 g/mol. The van der Waals surface area contributed by atoms with Gasteiger partial charge in [0, 0.05) is 0 Å². The second kappa shape index (κ2) is 2.64. The molecule has 0 amide bonds. The van der Waals surface area contributed by atoms with Gasteiger partial charge >= 0.3 is 20.0 Å². The van der Waals surface area contributed by atoms with Crippen LogP contribution in [0.15, 0.2) is 0 Å². The van der Waals surface area contributed by atoms with Crippen LogP contribution in [-0.4, -0.2) is 24.0 Å². The van der Waals surface area contributed by atoms with Crippen molar-refractivity contribution in [3.63, 3.8) is 0 Å². The van der Waals surface area contributed by atoms with E-state index < -0.39 is 20.1 Å². The zero-order valence-corrected chi connectivity index (χ0v) is 8.13. The van der Waals surface area contributed by atoms with E-state index in [1.54, 1.807) is 13.8 Å². The molecule has 0 aromatic heterocycles. The molecule has 2 fully saturated rings. The summed E-state index contributed by atoms with van der Waals surface area (Å²) in [4.78, 5) is 22.1. The van der Waals surface area contributed by atoms with Crippen molar-refractivity contribution in [2.24, 2.45) is 0 Å². The highest BCUT2D eigenvalue weighted by molar-refractivity contribution is 7.64. The molecular weight excluding hydrogens is 195 g/mol. The highest BCUT2D eigenvalue weighted by Crippen LogP contribution is 2.60. The maximum absolute atomic E-state index is 11.1. The third-order valence-electron chi connectivity index (χ3n) is 1.87. The topological polar surface area (TPSA) is 76.7 Å². The molecule has 0 unspecified atom stereocenters. The maximum Gasteiger partial charge on any atom is 0.528 e. The van der Waals surface area contributed by atoms with E-state index in [0.29, 0.717) is 0 Å². The molecule has 0 bridgehead atoms. The quantitative estimate of drug-likeness (QED) is 0.530. The minimum absolute atomic E-state index is 0.386. The summed E-state index contributed by atoms with van der Waals surface area (Å²) in [5, 5.41) is 5.65. The summed E-state index contributed by atoms with van der Waals surface area (Å²) in [5.74, 6) is -0.773. The molecule has 13 heavy (non-hydrogen) atoms. The highest BCUT2D eigenvalue weighted by atomic mass is 31.2. The summed E-state index contributed by atoms with van der Waals surface area (Å²) in [6.45, 7) is 3.32. The van der Waals surface area contributed by atoms with E-state index in [4.69, 9.17) is 9.05 Å². The largest absolute Gasteiger partial charge is 0.528 e. The molecule has 2 rings (SSSR count). The SMILES string of the molecule is C[C@@H]1N[P+]2(N[C@@H](C)C(=O)O2)OC1=O. The molecule has 1 spiro atoms. The Hall–Kier alpha value is -0.710. The van der Waals surface area contributed by atoms with Gasteiger partial charge in [-0.05, 0) is 13.8 Å². The minimum Gasteiger partial charge on any atom is -0.245 e. The molecule has 0 saturated carbocycles. The van der Waals surface area contributed by atoms with E-state index in [2.05, 4.69) is 10.2 Å². The predicted molar refractivity (Wildman–Crippen MR) is 44.3 cm³/mol. The second-order valence-electron chi connectivity index (χ2n) is 3.07. The lowest BCUT2D eigenvalue weighted by Gasteiger charge is -2.06. The molecule has 7 heteroatoms. The van der Waals surface area contributed by atoms with Crippen LogP contribution in [0.4, 0.5) is 0 Å². The molecule has 2 atom stereocenters. The minimum atomic E-state index is -2.62. The first-order valence-corrected chi connectivity index (χ1v) is 5.56. The fourth-order valence-electron chi connectivity index (χ4n) is 1.19. The molecule has 6 nitrogen and oxygen atoms in total. The zero-order valence-electron chi connectivity index (χ0n) is 7.23. The van der Waals surface area contributed by atoms with E-state index in [9.17, 15) is 9.59 Å². The Labute approximate surface area is 75.6 Å². The first-order chi connectivity index (χ1) is 6.02. The molecule has 2 aliphatic heterocycles. The van der Waals surface area contributed by atoms with Crippen LogP contribution in [0.5, 0.6) is 0 Å². The standard InChI is InChI=1S/C6H10N2O4P/c1-3-5(9)11-13(7-3)8-4(2)6(10)12-13/h3-4,7-8H,1-2H3/q+1/t3-,4-,13?/m0/s1. The van der Waals surface area contributed by atoms with Gasteiger partial charge in [-0.25, -0.2) is 18.6 Å². The van der Waals surface area contributed by atoms with Crippen LogP contribution in [0.2, 0.25) is 0 Å². The van der Waals surface area contributed by atoms with Crippen LogP contribution >= 0.6 is 8.02 Å². The van der Waals surface area contributed by atoms with Gasteiger partial charge in [-0.2, -0.15) is 0 Å². The lowest BCUT2D eigenvalue weighted by Crippen LogP contribution is -2.28. The van der Waals surface area contributed by atoms with Gasteiger partial charge in [-0.3, -0.25) is 0 Å². The van der Waals surface area contributed by atoms with Gasteiger partial charge in [-0.1, -0.05) is 10.2 Å². The predicted octanol–water partition coefficient (Wildman–Crippen LogP) is -0.266. The summed E-state index contributed by atoms with van der Waals surface area (Å²) < 4.78 is 9.94. The molecule has 0 aromatic rings. The van der Waals surface area contributed by atoms with E-state index in [1.165, 1.54) is 0 Å². The molecule has 0 aromatic carbocycles. The normalized spacial score (nSPS) is 36.5. The Kier molecular flexibility index (Phi) is 1.80. The fraction of sp³-hybridized carbons (Fsp3) is 0.667. The Morgan fingerprint density at radius 1 is 1.08 bits per heavy atom. The number of carbonyl (C=O) groups excluding carboxylic acids is 2. The Morgan fingerprint density at radius 2 is 1.46 bits per heavy atom. The molecule has 0 radical (unpaired) electrons. The molecule has 2 saturated heterocycles. The first-order valence-electron chi connectivity index (χ1n) is 3.94. The lowest BCUT2D eigenvalue weighted by molar-refractivity contribution is -0.135. The average Bonchev–Trinajstić information content (AvgIpc) is 2.39. The van der Waals surface area contributed by atoms with Crippen molar-refractivity contribution in [3.05, 3.63) is 0 Å². The number of nitrogens with one attached hydrogen (secondary N) is 2. The number of hydrogen-bond acceptors (Lipinski definition) is 6. The lowest BCUT2D eigenvalue weighted by atomic mass is 10.4. The van der Waals surface area contributed by atoms with Crippen LogP contribution in [0.3, 0.4) is 0 Å². The summed E-state index contributed by atoms with van der Waals surface area (Å²) >= 11 is 0. The van der Waals surface area contributed by atoms with E-state index in [1.807, 2.05) is 0 Å². The van der Waals surface area contributed by atoms with Gasteiger partial charge < -0.3 is 0 Å². The summed E-state index contributed by atoms with van der Waals surface area (Å²) in [6, 6.07) is -0.835. The first kappa shape index (κ1) is 8.87. The van der Waals surface area contributed by atoms with Crippen molar-refractivity contribution < 1.29 is 18.6 Å². The van der Waals surface area contributed by atoms with Gasteiger partial charge in [0.25, 0.3) is 0 Å². The molecule has 2 heterocycles. The maximum atomic E-state index is 11.1. The van der Waals surface area contributed by atoms with E-state index >= 15 is 0 Å². The van der Waals surface area contributed by atoms with Gasteiger partial charge in [0.1, 0.15) is 12.1 Å². The van der Waals surface area contributed by atoms with Crippen LogP contribution in [0, 0.1) is 0 Å². The molecule has 2 N–H and O–H groups in total. The second-order valence-corrected chi connectivity index (χ2v) is 5.06. The third-order valence-corrected chi connectivity index (χ3v) is 4.20. The van der Waals surface area contributed by atoms with Gasteiger partial charge in [0.15, 0.2) is 0 Å². The van der Waals surface area contributed by atoms with Crippen molar-refractivity contribution in [1.29, 1.82) is 0 Å². The Morgan fingerprint density at radius 3 is 1.69 bits per heavy atom. The monoisotopic (exact) mass is 205 g/mol. The van der Waals surface area contributed by atoms with Gasteiger partial charge in [0.05, 0.1) is 0 Å². The zero-order chi connectivity index (χ0) is 9.64. The van der Waals surface area contributed by atoms with Crippen molar-refractivity contribution in [3.8, 4) is 0 Å². The van der Waals surface area contributed by atoms with Crippen LogP contribution in [-0.2, 0) is 18.6 Å². The Bertz CT molecular complexity index is 254. The Balaban J connectivity index is 2.17. The van der Waals surface area contributed by atoms with E-state index in [0.717, 1.165) is 0 Å². The van der Waals surface area contributed by atoms with Crippen LogP contribution in [0.1, 0.15) is 13.8 Å². The smallest absolute Gasteiger partial charge is 0.245 e. The fourth-order valence-corrected chi connectivity index (χ4v) is 3.56. The summed E-state index contributed by atoms with van der Waals surface area (Å²) in [6.07, 6.45) is 0. The third kappa shape index (κ3) is 1.31. The van der Waals surface area contributed by atoms with Gasteiger partial charge in [0.2, 0.25) is 0 Å². The molecular formula is C6H10N2O4P+. The number of carbonyl (C=O) groups is 2. The van der Waals surface area contributed by atoms with Crippen LogP contribution in [0.25, 0.3) is 0 Å².